The molecule has 1 aromatic heterocycles. The second-order valence-electron chi connectivity index (χ2n) is 6.09. The zero-order valence-electron chi connectivity index (χ0n) is 14.5. The number of thioether (sulfide) groups is 1. The number of sulfone groups is 1. The summed E-state index contributed by atoms with van der Waals surface area (Å²) in [6.45, 7) is 1.22. The van der Waals surface area contributed by atoms with Crippen LogP contribution < -0.4 is 5.32 Å². The molecule has 144 valence electrons. The Morgan fingerprint density at radius 2 is 2.15 bits per heavy atom. The van der Waals surface area contributed by atoms with Crippen LogP contribution in [0.15, 0.2) is 39.8 Å². The molecule has 1 N–H and O–H groups in total. The first-order valence-corrected chi connectivity index (χ1v) is 10.9. The highest BCUT2D eigenvalue weighted by atomic mass is 32.2. The maximum Gasteiger partial charge on any atom is 0.339 e. The fourth-order valence-electron chi connectivity index (χ4n) is 2.58. The molecule has 1 aliphatic heterocycles. The number of amides is 1. The van der Waals surface area contributed by atoms with Crippen LogP contribution in [0.3, 0.4) is 0 Å². The van der Waals surface area contributed by atoms with Crippen LogP contribution in [0.2, 0.25) is 0 Å². The molecular formula is C17H18N2O6S2. The van der Waals surface area contributed by atoms with E-state index in [1.165, 1.54) is 11.8 Å². The van der Waals surface area contributed by atoms with Crippen LogP contribution in [0, 0.1) is 6.92 Å². The molecule has 0 saturated carbocycles. The monoisotopic (exact) mass is 410 g/mol. The van der Waals surface area contributed by atoms with Crippen molar-refractivity contribution in [2.75, 3.05) is 23.4 Å². The fraction of sp³-hybridized carbons (Fsp3) is 0.353. The molecule has 1 aliphatic rings. The van der Waals surface area contributed by atoms with Gasteiger partial charge < -0.3 is 14.6 Å². The zero-order valence-corrected chi connectivity index (χ0v) is 16.1. The summed E-state index contributed by atoms with van der Waals surface area (Å²) in [6.07, 6.45) is 0.551. The summed E-state index contributed by atoms with van der Waals surface area (Å²) in [6, 6.07) is 8.32. The van der Waals surface area contributed by atoms with Crippen LogP contribution in [-0.4, -0.2) is 48.8 Å². The molecule has 1 fully saturated rings. The molecule has 0 bridgehead atoms. The van der Waals surface area contributed by atoms with E-state index in [1.54, 1.807) is 37.3 Å². The predicted molar refractivity (Wildman–Crippen MR) is 99.5 cm³/mol. The number of nitrogens with zero attached hydrogens (tertiary/aromatic N) is 1. The lowest BCUT2D eigenvalue weighted by molar-refractivity contribution is -0.119. The summed E-state index contributed by atoms with van der Waals surface area (Å²) in [5.41, 5.74) is 0.303. The lowest BCUT2D eigenvalue weighted by atomic mass is 10.2. The van der Waals surface area contributed by atoms with Crippen molar-refractivity contribution in [1.29, 1.82) is 0 Å². The Balaban J connectivity index is 1.59. The van der Waals surface area contributed by atoms with Crippen molar-refractivity contribution in [3.05, 3.63) is 41.7 Å². The molecule has 27 heavy (non-hydrogen) atoms. The molecule has 3 rings (SSSR count). The highest BCUT2D eigenvalue weighted by Crippen LogP contribution is 2.33. The predicted octanol–water partition coefficient (Wildman–Crippen LogP) is 2.06. The maximum absolute atomic E-state index is 12.4. The second-order valence-corrected chi connectivity index (χ2v) is 9.66. The number of esters is 1. The van der Waals surface area contributed by atoms with Crippen molar-refractivity contribution in [3.8, 4) is 0 Å². The summed E-state index contributed by atoms with van der Waals surface area (Å²) in [4.78, 5) is 24.8. The van der Waals surface area contributed by atoms with Crippen molar-refractivity contribution in [2.24, 2.45) is 0 Å². The third-order valence-corrected chi connectivity index (χ3v) is 7.15. The highest BCUT2D eigenvalue weighted by molar-refractivity contribution is 8.02. The van der Waals surface area contributed by atoms with Crippen molar-refractivity contribution < 1.29 is 27.3 Å². The Kier molecular flexibility index (Phi) is 5.85. The van der Waals surface area contributed by atoms with Crippen LogP contribution in [0.5, 0.6) is 0 Å². The number of rotatable bonds is 6. The second kappa shape index (κ2) is 8.13. The minimum absolute atomic E-state index is 0.0948. The van der Waals surface area contributed by atoms with Gasteiger partial charge >= 0.3 is 5.97 Å². The van der Waals surface area contributed by atoms with E-state index in [1.807, 2.05) is 0 Å². The highest BCUT2D eigenvalue weighted by Gasteiger charge is 2.29. The van der Waals surface area contributed by atoms with E-state index in [9.17, 15) is 18.0 Å². The molecule has 1 amide bonds. The number of anilines is 1. The minimum atomic E-state index is -3.00. The van der Waals surface area contributed by atoms with E-state index in [-0.39, 0.29) is 22.6 Å². The Hall–Kier alpha value is -2.33. The van der Waals surface area contributed by atoms with Crippen LogP contribution in [0.1, 0.15) is 22.5 Å². The van der Waals surface area contributed by atoms with Gasteiger partial charge in [0, 0.05) is 16.2 Å². The molecule has 2 aromatic rings. The molecule has 1 aromatic carbocycles. The van der Waals surface area contributed by atoms with Gasteiger partial charge in [-0.15, -0.1) is 11.8 Å². The summed E-state index contributed by atoms with van der Waals surface area (Å²) in [5, 5.41) is 5.99. The quantitative estimate of drug-likeness (QED) is 0.720. The van der Waals surface area contributed by atoms with E-state index in [2.05, 4.69) is 10.5 Å². The standard InChI is InChI=1S/C17H18N2O6S2/c1-11-8-15(19-25-11)18-16(20)9-24-17(21)13-4-2-3-5-14(13)26-12-6-7-27(22,23)10-12/h2-5,8,12H,6-7,9-10H2,1H3,(H,18,19,20)/t12-/m0/s1. The van der Waals surface area contributed by atoms with Gasteiger partial charge in [-0.25, -0.2) is 13.2 Å². The lowest BCUT2D eigenvalue weighted by Crippen LogP contribution is -2.21. The molecule has 8 nitrogen and oxygen atoms in total. The molecule has 0 spiro atoms. The summed E-state index contributed by atoms with van der Waals surface area (Å²) < 4.78 is 33.1. The van der Waals surface area contributed by atoms with Crippen LogP contribution in [-0.2, 0) is 19.4 Å². The average molecular weight is 410 g/mol. The van der Waals surface area contributed by atoms with E-state index in [4.69, 9.17) is 9.26 Å². The third-order valence-electron chi connectivity index (χ3n) is 3.82. The first kappa shape index (κ1) is 19.4. The van der Waals surface area contributed by atoms with Gasteiger partial charge in [0.05, 0.1) is 17.1 Å². The van der Waals surface area contributed by atoms with Crippen LogP contribution in [0.25, 0.3) is 0 Å². The Morgan fingerprint density at radius 3 is 2.81 bits per heavy atom. The van der Waals surface area contributed by atoms with Crippen molar-refractivity contribution in [2.45, 2.75) is 23.5 Å². The first-order valence-electron chi connectivity index (χ1n) is 8.19. The first-order chi connectivity index (χ1) is 12.8. The number of aryl methyl sites for hydroxylation is 1. The van der Waals surface area contributed by atoms with Gasteiger partial charge in [-0.1, -0.05) is 17.3 Å². The van der Waals surface area contributed by atoms with Crippen LogP contribution in [0.4, 0.5) is 5.82 Å². The number of benzene rings is 1. The molecule has 10 heteroatoms. The number of carbonyl (C=O) groups excluding carboxylic acids is 2. The smallest absolute Gasteiger partial charge is 0.339 e. The van der Waals surface area contributed by atoms with Gasteiger partial charge in [0.2, 0.25) is 0 Å². The van der Waals surface area contributed by atoms with Gasteiger partial charge in [-0.2, -0.15) is 0 Å². The number of hydrogen-bond donors (Lipinski definition) is 1. The van der Waals surface area contributed by atoms with Crippen molar-refractivity contribution in [3.63, 3.8) is 0 Å². The largest absolute Gasteiger partial charge is 0.452 e. The van der Waals surface area contributed by atoms with Gasteiger partial charge in [0.25, 0.3) is 5.91 Å². The van der Waals surface area contributed by atoms with E-state index >= 15 is 0 Å². The number of nitrogens with one attached hydrogen (secondary N) is 1. The summed E-state index contributed by atoms with van der Waals surface area (Å²) in [7, 11) is -3.00. The molecule has 0 aliphatic carbocycles. The number of hydrogen-bond acceptors (Lipinski definition) is 8. The topological polar surface area (TPSA) is 116 Å². The van der Waals surface area contributed by atoms with E-state index < -0.39 is 28.3 Å². The molecule has 0 radical (unpaired) electrons. The molecular weight excluding hydrogens is 392 g/mol. The Bertz CT molecular complexity index is 954. The van der Waals surface area contributed by atoms with Gasteiger partial charge in [0.15, 0.2) is 22.3 Å². The van der Waals surface area contributed by atoms with E-state index in [0.29, 0.717) is 22.6 Å². The van der Waals surface area contributed by atoms with Gasteiger partial charge in [0.1, 0.15) is 5.76 Å². The van der Waals surface area contributed by atoms with Crippen molar-refractivity contribution >= 4 is 39.3 Å². The number of carbonyl (C=O) groups is 2. The van der Waals surface area contributed by atoms with E-state index in [0.717, 1.165) is 0 Å². The Morgan fingerprint density at radius 1 is 1.37 bits per heavy atom. The fourth-order valence-corrected chi connectivity index (χ4v) is 6.20. The summed E-state index contributed by atoms with van der Waals surface area (Å²) >= 11 is 1.35. The average Bonchev–Trinajstić information content (AvgIpc) is 3.17. The normalized spacial score (nSPS) is 18.2. The minimum Gasteiger partial charge on any atom is -0.452 e. The van der Waals surface area contributed by atoms with Crippen LogP contribution >= 0.6 is 11.8 Å². The number of ether oxygens (including phenoxy) is 1. The third kappa shape index (κ3) is 5.33. The SMILES string of the molecule is Cc1cc(NC(=O)COC(=O)c2ccccc2S[C@H]2CCS(=O)(=O)C2)no1. The number of aromatic nitrogens is 1. The lowest BCUT2D eigenvalue weighted by Gasteiger charge is -2.12. The van der Waals surface area contributed by atoms with Gasteiger partial charge in [-0.05, 0) is 25.5 Å². The molecule has 0 unspecified atom stereocenters. The zero-order chi connectivity index (χ0) is 19.4. The summed E-state index contributed by atoms with van der Waals surface area (Å²) in [5.74, 6) is -0.136. The van der Waals surface area contributed by atoms with Gasteiger partial charge in [-0.3, -0.25) is 4.79 Å². The molecule has 1 saturated heterocycles. The maximum atomic E-state index is 12.4. The molecule has 2 heterocycles. The van der Waals surface area contributed by atoms with Crippen molar-refractivity contribution in [1.82, 2.24) is 5.16 Å². The molecule has 1 atom stereocenters. The Labute approximate surface area is 160 Å².